The molecule has 0 radical (unpaired) electrons. The molecule has 0 heterocycles. The third-order valence-electron chi connectivity index (χ3n) is 2.81. The Kier molecular flexibility index (Phi) is 5.47. The standard InChI is InChI=1S/C14H22FN/c1-4-6-16-7-5-12(3)13-8-11(2)9-14(15)10-13/h8-10,12,16H,4-7H2,1-3H3. The van der Waals surface area contributed by atoms with Crippen molar-refractivity contribution in [1.29, 1.82) is 0 Å². The van der Waals surface area contributed by atoms with Gasteiger partial charge in [-0.05, 0) is 62.0 Å². The van der Waals surface area contributed by atoms with Gasteiger partial charge in [-0.15, -0.1) is 0 Å². The molecule has 0 aliphatic carbocycles. The molecule has 0 saturated carbocycles. The van der Waals surface area contributed by atoms with E-state index < -0.39 is 0 Å². The van der Waals surface area contributed by atoms with Gasteiger partial charge in [0.25, 0.3) is 0 Å². The summed E-state index contributed by atoms with van der Waals surface area (Å²) in [4.78, 5) is 0. The molecule has 0 spiro atoms. The summed E-state index contributed by atoms with van der Waals surface area (Å²) in [5.41, 5.74) is 2.11. The molecule has 0 saturated heterocycles. The van der Waals surface area contributed by atoms with E-state index in [1.165, 1.54) is 0 Å². The van der Waals surface area contributed by atoms with E-state index in [1.807, 2.05) is 6.92 Å². The Bertz CT molecular complexity index is 302. The first-order valence-electron chi connectivity index (χ1n) is 6.11. The smallest absolute Gasteiger partial charge is 0.123 e. The molecular formula is C14H22FN. The summed E-state index contributed by atoms with van der Waals surface area (Å²) in [6, 6.07) is 5.30. The fourth-order valence-corrected chi connectivity index (χ4v) is 1.84. The summed E-state index contributed by atoms with van der Waals surface area (Å²) in [6.07, 6.45) is 2.22. The van der Waals surface area contributed by atoms with E-state index in [-0.39, 0.29) is 5.82 Å². The lowest BCUT2D eigenvalue weighted by atomic mass is 9.96. The first kappa shape index (κ1) is 13.2. The van der Waals surface area contributed by atoms with Gasteiger partial charge in [-0.3, -0.25) is 0 Å². The molecule has 1 nitrogen and oxygen atoms in total. The first-order chi connectivity index (χ1) is 7.63. The van der Waals surface area contributed by atoms with Crippen molar-refractivity contribution in [1.82, 2.24) is 5.32 Å². The second-order valence-corrected chi connectivity index (χ2v) is 4.50. The predicted octanol–water partition coefficient (Wildman–Crippen LogP) is 3.63. The van der Waals surface area contributed by atoms with Gasteiger partial charge in [-0.25, -0.2) is 4.39 Å². The Labute approximate surface area is 98.1 Å². The van der Waals surface area contributed by atoms with Gasteiger partial charge in [0.1, 0.15) is 5.82 Å². The summed E-state index contributed by atoms with van der Waals surface area (Å²) in [5.74, 6) is 0.294. The molecular weight excluding hydrogens is 201 g/mol. The maximum absolute atomic E-state index is 13.2. The van der Waals surface area contributed by atoms with Crippen molar-refractivity contribution in [3.05, 3.63) is 35.1 Å². The lowest BCUT2D eigenvalue weighted by Gasteiger charge is -2.13. The normalized spacial score (nSPS) is 12.8. The fraction of sp³-hybridized carbons (Fsp3) is 0.571. The Morgan fingerprint density at radius 1 is 1.25 bits per heavy atom. The molecule has 0 bridgehead atoms. The van der Waals surface area contributed by atoms with Crippen LogP contribution in [0.15, 0.2) is 18.2 Å². The Balaban J connectivity index is 2.48. The molecule has 0 fully saturated rings. The topological polar surface area (TPSA) is 12.0 Å². The van der Waals surface area contributed by atoms with Gasteiger partial charge >= 0.3 is 0 Å². The van der Waals surface area contributed by atoms with Crippen molar-refractivity contribution in [2.75, 3.05) is 13.1 Å². The molecule has 0 aliphatic heterocycles. The van der Waals surface area contributed by atoms with Crippen LogP contribution in [-0.4, -0.2) is 13.1 Å². The van der Waals surface area contributed by atoms with E-state index in [2.05, 4.69) is 25.2 Å². The molecule has 16 heavy (non-hydrogen) atoms. The van der Waals surface area contributed by atoms with E-state index >= 15 is 0 Å². The molecule has 90 valence electrons. The van der Waals surface area contributed by atoms with Crippen LogP contribution in [-0.2, 0) is 0 Å². The van der Waals surface area contributed by atoms with Gasteiger partial charge < -0.3 is 5.32 Å². The lowest BCUT2D eigenvalue weighted by Crippen LogP contribution is -2.17. The molecule has 1 aromatic carbocycles. The molecule has 1 aromatic rings. The van der Waals surface area contributed by atoms with Gasteiger partial charge in [0.05, 0.1) is 0 Å². The summed E-state index contributed by atoms with van der Waals surface area (Å²) < 4.78 is 13.2. The zero-order valence-corrected chi connectivity index (χ0v) is 10.5. The molecule has 1 unspecified atom stereocenters. The molecule has 0 amide bonds. The van der Waals surface area contributed by atoms with Gasteiger partial charge in [0.15, 0.2) is 0 Å². The second-order valence-electron chi connectivity index (χ2n) is 4.50. The van der Waals surface area contributed by atoms with Crippen LogP contribution in [0.3, 0.4) is 0 Å². The maximum Gasteiger partial charge on any atom is 0.123 e. The molecule has 1 atom stereocenters. The van der Waals surface area contributed by atoms with Gasteiger partial charge in [0, 0.05) is 0 Å². The predicted molar refractivity (Wildman–Crippen MR) is 67.3 cm³/mol. The van der Waals surface area contributed by atoms with Crippen molar-refractivity contribution < 1.29 is 4.39 Å². The van der Waals surface area contributed by atoms with Crippen LogP contribution in [0.2, 0.25) is 0 Å². The van der Waals surface area contributed by atoms with Crippen LogP contribution in [0.5, 0.6) is 0 Å². The van der Waals surface area contributed by atoms with E-state index in [4.69, 9.17) is 0 Å². The Morgan fingerprint density at radius 2 is 2.00 bits per heavy atom. The quantitative estimate of drug-likeness (QED) is 0.726. The minimum Gasteiger partial charge on any atom is -0.317 e. The van der Waals surface area contributed by atoms with Crippen LogP contribution in [0.4, 0.5) is 4.39 Å². The van der Waals surface area contributed by atoms with E-state index in [0.717, 1.165) is 37.1 Å². The Morgan fingerprint density at radius 3 is 2.62 bits per heavy atom. The summed E-state index contributed by atoms with van der Waals surface area (Å²) in [6.45, 7) is 8.32. The number of rotatable bonds is 6. The highest BCUT2D eigenvalue weighted by atomic mass is 19.1. The highest BCUT2D eigenvalue weighted by molar-refractivity contribution is 5.26. The van der Waals surface area contributed by atoms with Gasteiger partial charge in [-0.1, -0.05) is 19.9 Å². The van der Waals surface area contributed by atoms with Gasteiger partial charge in [0.2, 0.25) is 0 Å². The maximum atomic E-state index is 13.2. The van der Waals surface area contributed by atoms with Crippen LogP contribution in [0.25, 0.3) is 0 Å². The number of halogens is 1. The number of benzene rings is 1. The van der Waals surface area contributed by atoms with Crippen molar-refractivity contribution in [2.24, 2.45) is 0 Å². The van der Waals surface area contributed by atoms with E-state index in [0.29, 0.717) is 5.92 Å². The summed E-state index contributed by atoms with van der Waals surface area (Å²) in [7, 11) is 0. The number of aryl methyl sites for hydroxylation is 1. The van der Waals surface area contributed by atoms with E-state index in [1.54, 1.807) is 12.1 Å². The van der Waals surface area contributed by atoms with Crippen LogP contribution < -0.4 is 5.32 Å². The minimum atomic E-state index is -0.122. The highest BCUT2D eigenvalue weighted by Gasteiger charge is 2.07. The first-order valence-corrected chi connectivity index (χ1v) is 6.11. The SMILES string of the molecule is CCCNCCC(C)c1cc(C)cc(F)c1. The third kappa shape index (κ3) is 4.31. The number of nitrogens with one attached hydrogen (secondary N) is 1. The lowest BCUT2D eigenvalue weighted by molar-refractivity contribution is 0.582. The monoisotopic (exact) mass is 223 g/mol. The van der Waals surface area contributed by atoms with Crippen molar-refractivity contribution in [3.8, 4) is 0 Å². The number of hydrogen-bond donors (Lipinski definition) is 1. The zero-order valence-electron chi connectivity index (χ0n) is 10.5. The number of hydrogen-bond acceptors (Lipinski definition) is 1. The fourth-order valence-electron chi connectivity index (χ4n) is 1.84. The summed E-state index contributed by atoms with van der Waals surface area (Å²) >= 11 is 0. The zero-order chi connectivity index (χ0) is 12.0. The minimum absolute atomic E-state index is 0.122. The van der Waals surface area contributed by atoms with Crippen LogP contribution >= 0.6 is 0 Å². The van der Waals surface area contributed by atoms with E-state index in [9.17, 15) is 4.39 Å². The molecule has 1 rings (SSSR count). The second kappa shape index (κ2) is 6.64. The average Bonchev–Trinajstić information content (AvgIpc) is 2.22. The molecule has 2 heteroatoms. The summed E-state index contributed by atoms with van der Waals surface area (Å²) in [5, 5.41) is 3.37. The Hall–Kier alpha value is -0.890. The highest BCUT2D eigenvalue weighted by Crippen LogP contribution is 2.20. The average molecular weight is 223 g/mol. The molecule has 0 aromatic heterocycles. The van der Waals surface area contributed by atoms with Crippen molar-refractivity contribution >= 4 is 0 Å². The van der Waals surface area contributed by atoms with Crippen molar-refractivity contribution in [2.45, 2.75) is 39.5 Å². The molecule has 1 N–H and O–H groups in total. The largest absolute Gasteiger partial charge is 0.317 e. The molecule has 0 aliphatic rings. The van der Waals surface area contributed by atoms with Crippen LogP contribution in [0, 0.1) is 12.7 Å². The third-order valence-corrected chi connectivity index (χ3v) is 2.81. The van der Waals surface area contributed by atoms with Crippen molar-refractivity contribution in [3.63, 3.8) is 0 Å². The van der Waals surface area contributed by atoms with Gasteiger partial charge in [-0.2, -0.15) is 0 Å². The van der Waals surface area contributed by atoms with Crippen LogP contribution in [0.1, 0.15) is 43.7 Å².